The molecule has 6 nitrogen and oxygen atoms in total. The van der Waals surface area contributed by atoms with Gasteiger partial charge >= 0.3 is 0 Å². The lowest BCUT2D eigenvalue weighted by Gasteiger charge is -2.33. The van der Waals surface area contributed by atoms with Crippen LogP contribution in [0.25, 0.3) is 0 Å². The lowest BCUT2D eigenvalue weighted by atomic mass is 9.90. The number of aromatic amines is 1. The van der Waals surface area contributed by atoms with Crippen LogP contribution in [0.3, 0.4) is 0 Å². The molecule has 0 bridgehead atoms. The first-order valence-electron chi connectivity index (χ1n) is 7.43. The zero-order valence-corrected chi connectivity index (χ0v) is 13.0. The number of phenolic OH excluding ortho intramolecular Hbond substituents is 1. The zero-order valence-electron chi connectivity index (χ0n) is 13.0. The Kier molecular flexibility index (Phi) is 3.82. The maximum Gasteiger partial charge on any atom is 0.263 e. The number of aromatic hydroxyl groups is 1. The smallest absolute Gasteiger partial charge is 0.263 e. The predicted octanol–water partition coefficient (Wildman–Crippen LogP) is 2.24. The van der Waals surface area contributed by atoms with Gasteiger partial charge in [-0.25, -0.2) is 0 Å². The number of amides is 1. The Morgan fingerprint density at radius 2 is 2.22 bits per heavy atom. The number of pyridine rings is 1. The molecule has 0 saturated heterocycles. The fourth-order valence-corrected chi connectivity index (χ4v) is 2.97. The third kappa shape index (κ3) is 2.56. The van der Waals surface area contributed by atoms with Crippen molar-refractivity contribution in [1.82, 2.24) is 4.98 Å². The van der Waals surface area contributed by atoms with Gasteiger partial charge in [0.2, 0.25) is 0 Å². The van der Waals surface area contributed by atoms with Crippen LogP contribution in [0.4, 0.5) is 5.69 Å². The molecular weight excluding hydrogens is 296 g/mol. The van der Waals surface area contributed by atoms with E-state index >= 15 is 0 Å². The fourth-order valence-electron chi connectivity index (χ4n) is 2.97. The second-order valence-electron chi connectivity index (χ2n) is 5.64. The van der Waals surface area contributed by atoms with E-state index in [9.17, 15) is 14.7 Å². The number of phenols is 1. The van der Waals surface area contributed by atoms with Crippen LogP contribution in [-0.2, 0) is 0 Å². The lowest BCUT2D eigenvalue weighted by molar-refractivity contribution is 0.0980. The lowest BCUT2D eigenvalue weighted by Crippen LogP contribution is -2.37. The first-order chi connectivity index (χ1) is 11.0. The van der Waals surface area contributed by atoms with Crippen molar-refractivity contribution in [2.24, 2.45) is 0 Å². The van der Waals surface area contributed by atoms with Gasteiger partial charge in [0.25, 0.3) is 11.5 Å². The van der Waals surface area contributed by atoms with E-state index in [-0.39, 0.29) is 34.4 Å². The highest BCUT2D eigenvalue weighted by molar-refractivity contribution is 6.09. The van der Waals surface area contributed by atoms with Gasteiger partial charge < -0.3 is 19.7 Å². The molecule has 1 aliphatic rings. The van der Waals surface area contributed by atoms with E-state index in [0.29, 0.717) is 12.2 Å². The molecular formula is C17H18N2O4. The number of ether oxygens (including phenoxy) is 1. The number of rotatable bonds is 2. The van der Waals surface area contributed by atoms with Gasteiger partial charge in [-0.05, 0) is 24.0 Å². The van der Waals surface area contributed by atoms with Crippen molar-refractivity contribution in [3.05, 3.63) is 51.9 Å². The predicted molar refractivity (Wildman–Crippen MR) is 86.4 cm³/mol. The molecule has 0 spiro atoms. The highest BCUT2D eigenvalue weighted by atomic mass is 16.5. The quantitative estimate of drug-likeness (QED) is 0.890. The first kappa shape index (κ1) is 15.1. The second kappa shape index (κ2) is 5.79. The summed E-state index contributed by atoms with van der Waals surface area (Å²) in [5.74, 6) is 0.242. The summed E-state index contributed by atoms with van der Waals surface area (Å²) in [5.41, 5.74) is 1.39. The number of H-pyrrole nitrogens is 1. The van der Waals surface area contributed by atoms with Crippen LogP contribution in [-0.4, -0.2) is 29.7 Å². The van der Waals surface area contributed by atoms with Crippen molar-refractivity contribution in [1.29, 1.82) is 0 Å². The van der Waals surface area contributed by atoms with Crippen LogP contribution in [0.2, 0.25) is 0 Å². The summed E-state index contributed by atoms with van der Waals surface area (Å²) >= 11 is 0. The maximum atomic E-state index is 12.9. The zero-order chi connectivity index (χ0) is 16.6. The van der Waals surface area contributed by atoms with Crippen LogP contribution in [0.5, 0.6) is 11.5 Å². The van der Waals surface area contributed by atoms with Crippen molar-refractivity contribution < 1.29 is 14.6 Å². The maximum absolute atomic E-state index is 12.9. The summed E-state index contributed by atoms with van der Waals surface area (Å²) in [6, 6.07) is 6.51. The van der Waals surface area contributed by atoms with E-state index in [2.05, 4.69) is 11.9 Å². The Morgan fingerprint density at radius 1 is 1.43 bits per heavy atom. The van der Waals surface area contributed by atoms with Crippen LogP contribution in [0.1, 0.15) is 35.2 Å². The molecule has 1 amide bonds. The second-order valence-corrected chi connectivity index (χ2v) is 5.64. The number of carbonyl (C=O) groups excluding carboxylic acids is 1. The molecule has 2 aromatic rings. The molecule has 1 aromatic heterocycles. The molecule has 1 aromatic carbocycles. The van der Waals surface area contributed by atoms with Gasteiger partial charge in [0, 0.05) is 18.8 Å². The molecule has 1 atom stereocenters. The number of para-hydroxylation sites is 1. The van der Waals surface area contributed by atoms with Gasteiger partial charge in [-0.15, -0.1) is 0 Å². The molecule has 6 heteroatoms. The Hall–Kier alpha value is -2.76. The number of hydrogen-bond donors (Lipinski definition) is 2. The minimum Gasteiger partial charge on any atom is -0.506 e. The fraction of sp³-hybridized carbons (Fsp3) is 0.294. The summed E-state index contributed by atoms with van der Waals surface area (Å²) in [7, 11) is 1.41. The number of aromatic nitrogens is 1. The third-order valence-corrected chi connectivity index (χ3v) is 4.21. The Balaban J connectivity index is 2.09. The van der Waals surface area contributed by atoms with E-state index in [1.807, 2.05) is 6.07 Å². The summed E-state index contributed by atoms with van der Waals surface area (Å²) in [4.78, 5) is 28.4. The van der Waals surface area contributed by atoms with Crippen LogP contribution in [0, 0.1) is 0 Å². The van der Waals surface area contributed by atoms with Gasteiger partial charge in [0.1, 0.15) is 11.5 Å². The molecule has 0 fully saturated rings. The number of hydrogen-bond acceptors (Lipinski definition) is 4. The molecule has 0 saturated carbocycles. The highest BCUT2D eigenvalue weighted by Gasteiger charge is 2.31. The van der Waals surface area contributed by atoms with Gasteiger partial charge in [-0.3, -0.25) is 9.59 Å². The number of nitrogens with zero attached hydrogens (tertiary/aromatic N) is 1. The van der Waals surface area contributed by atoms with Crippen molar-refractivity contribution in [3.8, 4) is 11.5 Å². The first-order valence-corrected chi connectivity index (χ1v) is 7.43. The Labute approximate surface area is 133 Å². The SMILES string of the molecule is COc1cc(=O)[nH]cc1C(=O)N1CCC(C)c2cccc(O)c21. The number of benzene rings is 1. The van der Waals surface area contributed by atoms with E-state index in [0.717, 1.165) is 12.0 Å². The van der Waals surface area contributed by atoms with E-state index in [1.165, 1.54) is 19.4 Å². The average molecular weight is 314 g/mol. The molecule has 2 N–H and O–H groups in total. The van der Waals surface area contributed by atoms with Crippen molar-refractivity contribution >= 4 is 11.6 Å². The molecule has 23 heavy (non-hydrogen) atoms. The number of fused-ring (bicyclic) bond motifs is 1. The number of methoxy groups -OCH3 is 1. The summed E-state index contributed by atoms with van der Waals surface area (Å²) in [6.45, 7) is 2.56. The Bertz CT molecular complexity index is 812. The normalized spacial score (nSPS) is 16.8. The van der Waals surface area contributed by atoms with Gasteiger partial charge in [-0.1, -0.05) is 19.1 Å². The van der Waals surface area contributed by atoms with Gasteiger partial charge in [-0.2, -0.15) is 0 Å². The van der Waals surface area contributed by atoms with E-state index in [4.69, 9.17) is 4.74 Å². The minimum atomic E-state index is -0.339. The minimum absolute atomic E-state index is 0.0748. The average Bonchev–Trinajstić information content (AvgIpc) is 2.55. The molecule has 120 valence electrons. The van der Waals surface area contributed by atoms with Crippen LogP contribution >= 0.6 is 0 Å². The Morgan fingerprint density at radius 3 is 2.96 bits per heavy atom. The number of anilines is 1. The summed E-state index contributed by atoms with van der Waals surface area (Å²) < 4.78 is 5.15. The molecule has 3 rings (SSSR count). The van der Waals surface area contributed by atoms with Gasteiger partial charge in [0.05, 0.1) is 18.4 Å². The van der Waals surface area contributed by atoms with Crippen molar-refractivity contribution in [2.45, 2.75) is 19.3 Å². The van der Waals surface area contributed by atoms with E-state index in [1.54, 1.807) is 17.0 Å². The van der Waals surface area contributed by atoms with Crippen LogP contribution in [0.15, 0.2) is 35.3 Å². The largest absolute Gasteiger partial charge is 0.506 e. The molecule has 1 aliphatic heterocycles. The van der Waals surface area contributed by atoms with E-state index < -0.39 is 0 Å². The highest BCUT2D eigenvalue weighted by Crippen LogP contribution is 2.41. The standard InChI is InChI=1S/C17H18N2O4/c1-10-6-7-19(16-11(10)4-3-5-13(16)20)17(22)12-9-18-15(21)8-14(12)23-2/h3-5,8-10,20H,6-7H2,1-2H3,(H,18,21). The monoisotopic (exact) mass is 314 g/mol. The van der Waals surface area contributed by atoms with Gasteiger partial charge in [0.15, 0.2) is 0 Å². The molecule has 1 unspecified atom stereocenters. The third-order valence-electron chi connectivity index (χ3n) is 4.21. The summed E-state index contributed by atoms with van der Waals surface area (Å²) in [6.07, 6.45) is 2.15. The van der Waals surface area contributed by atoms with Crippen LogP contribution < -0.4 is 15.2 Å². The number of nitrogens with one attached hydrogen (secondary N) is 1. The number of carbonyl (C=O) groups is 1. The molecule has 2 heterocycles. The molecule has 0 aliphatic carbocycles. The van der Waals surface area contributed by atoms with Crippen molar-refractivity contribution in [3.63, 3.8) is 0 Å². The topological polar surface area (TPSA) is 82.6 Å². The summed E-state index contributed by atoms with van der Waals surface area (Å²) in [5, 5.41) is 10.2. The van der Waals surface area contributed by atoms with Crippen molar-refractivity contribution in [2.75, 3.05) is 18.6 Å². The molecule has 0 radical (unpaired) electrons.